The van der Waals surface area contributed by atoms with Crippen molar-refractivity contribution < 1.29 is 24.1 Å². The number of H-pyrrole nitrogens is 3. The Labute approximate surface area is 200 Å². The number of nitrogens with one attached hydrogen (secondary N) is 3. The summed E-state index contributed by atoms with van der Waals surface area (Å²) >= 11 is 0. The quantitative estimate of drug-likeness (QED) is 0.194. The highest BCUT2D eigenvalue weighted by Crippen LogP contribution is 2.46. The van der Waals surface area contributed by atoms with Crippen LogP contribution in [-0.4, -0.2) is 38.2 Å². The van der Waals surface area contributed by atoms with E-state index >= 15 is 0 Å². The monoisotopic (exact) mass is 475 g/mol. The van der Waals surface area contributed by atoms with Gasteiger partial charge in [0.25, 0.3) is 0 Å². The van der Waals surface area contributed by atoms with Crippen LogP contribution in [0.25, 0.3) is 44.2 Å². The molecule has 0 fully saturated rings. The number of aromatic carboxylic acids is 1. The first-order valence-corrected chi connectivity index (χ1v) is 11.4. The molecule has 0 saturated carbocycles. The molecule has 0 aliphatic carbocycles. The Morgan fingerprint density at radius 3 is 2.57 bits per heavy atom. The molecule has 7 nitrogen and oxygen atoms in total. The maximum absolute atomic E-state index is 14.6. The third-order valence-corrected chi connectivity index (χ3v) is 6.70. The molecule has 35 heavy (non-hydrogen) atoms. The lowest BCUT2D eigenvalue weighted by molar-refractivity contribution is 0.0692. The van der Waals surface area contributed by atoms with Crippen LogP contribution in [0, 0.1) is 5.82 Å². The predicted octanol–water partition coefficient (Wildman–Crippen LogP) is 6.16. The second kappa shape index (κ2) is 8.63. The Bertz CT molecular complexity index is 1580. The number of rotatable bonds is 7. The van der Waals surface area contributed by atoms with E-state index in [1.807, 2.05) is 32.0 Å². The zero-order chi connectivity index (χ0) is 24.9. The molecule has 0 radical (unpaired) electrons. The maximum atomic E-state index is 14.6. The molecular weight excluding hydrogens is 449 g/mol. The van der Waals surface area contributed by atoms with Gasteiger partial charge in [-0.15, -0.1) is 0 Å². The van der Waals surface area contributed by atoms with Gasteiger partial charge in [-0.3, -0.25) is 0 Å². The largest absolute Gasteiger partial charge is 0.497 e. The van der Waals surface area contributed by atoms with Crippen molar-refractivity contribution in [3.8, 4) is 28.1 Å². The van der Waals surface area contributed by atoms with E-state index in [-0.39, 0.29) is 18.2 Å². The van der Waals surface area contributed by atoms with Crippen LogP contribution in [0.3, 0.4) is 0 Å². The molecule has 0 bridgehead atoms. The number of carbonyl (C=O) groups is 1. The van der Waals surface area contributed by atoms with Crippen LogP contribution in [0.4, 0.5) is 4.39 Å². The van der Waals surface area contributed by atoms with Gasteiger partial charge in [-0.1, -0.05) is 13.8 Å². The van der Waals surface area contributed by atoms with Gasteiger partial charge in [0.1, 0.15) is 17.3 Å². The van der Waals surface area contributed by atoms with Gasteiger partial charge in [-0.05, 0) is 53.8 Å². The molecule has 0 aliphatic heterocycles. The number of hydrogen-bond acceptors (Lipinski definition) is 3. The smallest absolute Gasteiger partial charge is 0.352 e. The first-order chi connectivity index (χ1) is 16.9. The minimum absolute atomic E-state index is 0.0181. The van der Waals surface area contributed by atoms with E-state index in [2.05, 4.69) is 15.0 Å². The minimum atomic E-state index is -1.12. The highest BCUT2D eigenvalue weighted by molar-refractivity contribution is 6.07. The van der Waals surface area contributed by atoms with Crippen LogP contribution in [-0.2, 0) is 6.61 Å². The first kappa shape index (κ1) is 22.7. The molecular formula is C27H26FN3O4. The average molecular weight is 476 g/mol. The summed E-state index contributed by atoms with van der Waals surface area (Å²) in [5.74, 6) is -1.03. The van der Waals surface area contributed by atoms with Crippen LogP contribution in [0.15, 0.2) is 42.6 Å². The lowest BCUT2D eigenvalue weighted by Gasteiger charge is -2.16. The summed E-state index contributed by atoms with van der Waals surface area (Å²) < 4.78 is 20.1. The molecule has 0 aliphatic rings. The van der Waals surface area contributed by atoms with Crippen LogP contribution >= 0.6 is 0 Å². The van der Waals surface area contributed by atoms with Crippen molar-refractivity contribution >= 4 is 27.8 Å². The van der Waals surface area contributed by atoms with Gasteiger partial charge in [0.05, 0.1) is 19.4 Å². The Morgan fingerprint density at radius 1 is 1.09 bits per heavy atom. The van der Waals surface area contributed by atoms with E-state index in [1.54, 1.807) is 19.4 Å². The molecule has 3 aromatic heterocycles. The minimum Gasteiger partial charge on any atom is -0.497 e. The molecule has 0 amide bonds. The molecule has 0 saturated heterocycles. The average Bonchev–Trinajstić information content (AvgIpc) is 3.58. The molecule has 0 spiro atoms. The number of ether oxygens (including phenoxy) is 1. The van der Waals surface area contributed by atoms with Crippen molar-refractivity contribution in [1.29, 1.82) is 0 Å². The molecule has 2 aromatic carbocycles. The zero-order valence-electron chi connectivity index (χ0n) is 19.6. The molecule has 3 heterocycles. The molecule has 1 atom stereocenters. The van der Waals surface area contributed by atoms with Crippen molar-refractivity contribution in [3.05, 3.63) is 65.4 Å². The fourth-order valence-electron chi connectivity index (χ4n) is 4.88. The van der Waals surface area contributed by atoms with E-state index in [0.29, 0.717) is 39.3 Å². The predicted molar refractivity (Wildman–Crippen MR) is 133 cm³/mol. The molecule has 5 aromatic rings. The summed E-state index contributed by atoms with van der Waals surface area (Å²) in [4.78, 5) is 21.9. The van der Waals surface area contributed by atoms with Crippen molar-refractivity contribution in [3.63, 3.8) is 0 Å². The Hall–Kier alpha value is -4.04. The number of carboxylic acids is 1. The van der Waals surface area contributed by atoms with Crippen LogP contribution < -0.4 is 4.74 Å². The van der Waals surface area contributed by atoms with Crippen LogP contribution in [0.5, 0.6) is 5.75 Å². The van der Waals surface area contributed by atoms with E-state index in [1.165, 1.54) is 12.1 Å². The third-order valence-electron chi connectivity index (χ3n) is 6.70. The summed E-state index contributed by atoms with van der Waals surface area (Å²) in [6.07, 6.45) is 2.48. The highest BCUT2D eigenvalue weighted by Gasteiger charge is 2.29. The van der Waals surface area contributed by atoms with Gasteiger partial charge >= 0.3 is 5.97 Å². The fraction of sp³-hybridized carbons (Fsp3) is 0.222. The summed E-state index contributed by atoms with van der Waals surface area (Å²) in [6, 6.07) is 10.1. The Morgan fingerprint density at radius 2 is 1.89 bits per heavy atom. The first-order valence-electron chi connectivity index (χ1n) is 11.4. The summed E-state index contributed by atoms with van der Waals surface area (Å²) in [5, 5.41) is 21.5. The number of benzene rings is 2. The number of aliphatic hydroxyl groups is 1. The normalized spacial score (nSPS) is 12.5. The third kappa shape index (κ3) is 3.66. The van der Waals surface area contributed by atoms with E-state index in [4.69, 9.17) is 4.74 Å². The molecule has 5 rings (SSSR count). The van der Waals surface area contributed by atoms with Crippen molar-refractivity contribution in [1.82, 2.24) is 15.0 Å². The number of aromatic amines is 3. The van der Waals surface area contributed by atoms with Gasteiger partial charge in [-0.2, -0.15) is 0 Å². The summed E-state index contributed by atoms with van der Waals surface area (Å²) in [6.45, 7) is 3.88. The zero-order valence-corrected chi connectivity index (χ0v) is 19.6. The van der Waals surface area contributed by atoms with Gasteiger partial charge in [-0.25, -0.2) is 9.18 Å². The maximum Gasteiger partial charge on any atom is 0.352 e. The fourth-order valence-corrected chi connectivity index (χ4v) is 4.88. The van der Waals surface area contributed by atoms with Gasteiger partial charge in [0, 0.05) is 50.9 Å². The van der Waals surface area contributed by atoms with Gasteiger partial charge in [0.2, 0.25) is 0 Å². The number of hydrogen-bond donors (Lipinski definition) is 5. The number of methoxy groups -OCH3 is 1. The van der Waals surface area contributed by atoms with Crippen LogP contribution in [0.2, 0.25) is 0 Å². The highest BCUT2D eigenvalue weighted by atomic mass is 19.1. The van der Waals surface area contributed by atoms with E-state index in [9.17, 15) is 19.4 Å². The van der Waals surface area contributed by atoms with Crippen molar-refractivity contribution in [2.24, 2.45) is 0 Å². The van der Waals surface area contributed by atoms with Crippen LogP contribution in [0.1, 0.15) is 47.9 Å². The number of aromatic nitrogens is 3. The van der Waals surface area contributed by atoms with Crippen molar-refractivity contribution in [2.75, 3.05) is 7.11 Å². The second-order valence-electron chi connectivity index (χ2n) is 8.76. The topological polar surface area (TPSA) is 114 Å². The van der Waals surface area contributed by atoms with E-state index < -0.39 is 11.8 Å². The standard InChI is InChI=1S/C27H26FN3O4/c1-4-13(2)23-24(19-10-16(35-3)11-22-18(19)9-15(12-32)30-22)26(27(33)34)31-25(23)20-7-14(28)8-21-17(20)5-6-29-21/h5-11,13,29-32H,4,12H2,1-3H3,(H,33,34). The number of aliphatic hydroxyl groups excluding tert-OH is 1. The summed E-state index contributed by atoms with van der Waals surface area (Å²) in [5.41, 5.74) is 5.12. The molecule has 180 valence electrons. The lowest BCUT2D eigenvalue weighted by atomic mass is 9.87. The molecule has 5 N–H and O–H groups in total. The lowest BCUT2D eigenvalue weighted by Crippen LogP contribution is -2.01. The number of fused-ring (bicyclic) bond motifs is 2. The molecule has 8 heteroatoms. The van der Waals surface area contributed by atoms with Gasteiger partial charge < -0.3 is 29.9 Å². The number of halogens is 1. The Kier molecular flexibility index (Phi) is 5.61. The molecule has 1 unspecified atom stereocenters. The second-order valence-corrected chi connectivity index (χ2v) is 8.76. The summed E-state index contributed by atoms with van der Waals surface area (Å²) in [7, 11) is 1.55. The van der Waals surface area contributed by atoms with Crippen molar-refractivity contribution in [2.45, 2.75) is 32.8 Å². The van der Waals surface area contributed by atoms with E-state index in [0.717, 1.165) is 28.3 Å². The van der Waals surface area contributed by atoms with Gasteiger partial charge in [0.15, 0.2) is 0 Å². The number of carboxylic acid groups (broad SMARTS) is 1. The Balaban J connectivity index is 1.92. The SMILES string of the molecule is CCC(C)c1c(-c2cc(F)cc3[nH]ccc23)[nH]c(C(=O)O)c1-c1cc(OC)cc2[nH]c(CO)cc12.